The lowest BCUT2D eigenvalue weighted by Gasteiger charge is -2.28. The molecule has 122 valence electrons. The molecular weight excluding hydrogens is 272 g/mol. The lowest BCUT2D eigenvalue weighted by molar-refractivity contribution is -0.144. The summed E-state index contributed by atoms with van der Waals surface area (Å²) in [5.74, 6) is -0.994. The van der Waals surface area contributed by atoms with Crippen molar-refractivity contribution in [2.75, 3.05) is 19.6 Å². The molecule has 0 aliphatic carbocycles. The van der Waals surface area contributed by atoms with Crippen LogP contribution in [0.5, 0.6) is 0 Å². The average Bonchev–Trinajstić information content (AvgIpc) is 2.71. The van der Waals surface area contributed by atoms with Gasteiger partial charge in [-0.2, -0.15) is 0 Å². The van der Waals surface area contributed by atoms with Crippen LogP contribution in [0.15, 0.2) is 0 Å². The van der Waals surface area contributed by atoms with Crippen molar-refractivity contribution in [3.63, 3.8) is 0 Å². The fourth-order valence-electron chi connectivity index (χ4n) is 2.49. The molecule has 1 saturated heterocycles. The van der Waals surface area contributed by atoms with Crippen LogP contribution >= 0.6 is 0 Å². The number of nitrogens with zero attached hydrogens (tertiary/aromatic N) is 1. The fourth-order valence-corrected chi connectivity index (χ4v) is 2.49. The number of carboxylic acids is 1. The normalized spacial score (nSPS) is 23.0. The van der Waals surface area contributed by atoms with Gasteiger partial charge in [0.05, 0.1) is 0 Å². The Morgan fingerprint density at radius 3 is 2.52 bits per heavy atom. The van der Waals surface area contributed by atoms with E-state index in [9.17, 15) is 14.7 Å². The second-order valence-corrected chi connectivity index (χ2v) is 6.75. The quantitative estimate of drug-likeness (QED) is 0.735. The van der Waals surface area contributed by atoms with Crippen molar-refractivity contribution < 1.29 is 19.4 Å². The van der Waals surface area contributed by atoms with E-state index in [1.165, 1.54) is 0 Å². The van der Waals surface area contributed by atoms with Gasteiger partial charge in [-0.25, -0.2) is 9.59 Å². The molecule has 0 radical (unpaired) electrons. The monoisotopic (exact) mass is 300 g/mol. The van der Waals surface area contributed by atoms with Gasteiger partial charge in [-0.15, -0.1) is 0 Å². The summed E-state index contributed by atoms with van der Waals surface area (Å²) in [5, 5.41) is 12.1. The largest absolute Gasteiger partial charge is 0.479 e. The van der Waals surface area contributed by atoms with Crippen LogP contribution in [0.3, 0.4) is 0 Å². The van der Waals surface area contributed by atoms with Gasteiger partial charge in [-0.3, -0.25) is 0 Å². The number of carbonyl (C=O) groups excluding carboxylic acids is 1. The molecule has 0 aromatic rings. The lowest BCUT2D eigenvalue weighted by atomic mass is 9.99. The Morgan fingerprint density at radius 1 is 1.33 bits per heavy atom. The molecule has 1 atom stereocenters. The summed E-state index contributed by atoms with van der Waals surface area (Å²) in [5.41, 5.74) is -1.86. The number of aliphatic carboxylic acids is 1. The molecule has 0 spiro atoms. The minimum Gasteiger partial charge on any atom is -0.479 e. The standard InChI is InChI=1S/C15H28N2O4/c1-5-6-7-9-17-10-8-15(11-17,12(18)19)16-13(20)21-14(2,3)4/h5-11H2,1-4H3,(H,16,20)(H,18,19). The fraction of sp³-hybridized carbons (Fsp3) is 0.867. The summed E-state index contributed by atoms with van der Waals surface area (Å²) in [7, 11) is 0. The maximum atomic E-state index is 11.9. The summed E-state index contributed by atoms with van der Waals surface area (Å²) in [6, 6.07) is 0. The van der Waals surface area contributed by atoms with E-state index < -0.39 is 23.2 Å². The number of carboxylic acid groups (broad SMARTS) is 1. The number of hydrogen-bond acceptors (Lipinski definition) is 4. The minimum atomic E-state index is -1.23. The molecule has 1 heterocycles. The molecule has 0 bridgehead atoms. The van der Waals surface area contributed by atoms with Crippen LogP contribution < -0.4 is 5.32 Å². The van der Waals surface area contributed by atoms with Crippen molar-refractivity contribution in [1.82, 2.24) is 10.2 Å². The molecular formula is C15H28N2O4. The Hall–Kier alpha value is -1.30. The Kier molecular flexibility index (Phi) is 6.01. The zero-order valence-electron chi connectivity index (χ0n) is 13.6. The second-order valence-electron chi connectivity index (χ2n) is 6.75. The number of carbonyl (C=O) groups is 2. The van der Waals surface area contributed by atoms with Crippen molar-refractivity contribution in [2.45, 2.75) is 64.5 Å². The van der Waals surface area contributed by atoms with Gasteiger partial charge < -0.3 is 20.1 Å². The molecule has 6 nitrogen and oxygen atoms in total. The predicted octanol–water partition coefficient (Wildman–Crippen LogP) is 2.23. The third-order valence-electron chi connectivity index (χ3n) is 3.58. The van der Waals surface area contributed by atoms with E-state index in [-0.39, 0.29) is 0 Å². The summed E-state index contributed by atoms with van der Waals surface area (Å²) in [6.07, 6.45) is 3.07. The molecule has 1 amide bonds. The van der Waals surface area contributed by atoms with Gasteiger partial charge >= 0.3 is 12.1 Å². The predicted molar refractivity (Wildman–Crippen MR) is 80.3 cm³/mol. The first-order chi connectivity index (χ1) is 9.68. The highest BCUT2D eigenvalue weighted by Crippen LogP contribution is 2.23. The summed E-state index contributed by atoms with van der Waals surface area (Å²) < 4.78 is 5.18. The van der Waals surface area contributed by atoms with Crippen LogP contribution in [0, 0.1) is 0 Å². The number of unbranched alkanes of at least 4 members (excludes halogenated alkanes) is 2. The highest BCUT2D eigenvalue weighted by atomic mass is 16.6. The highest BCUT2D eigenvalue weighted by Gasteiger charge is 2.46. The first kappa shape index (κ1) is 17.8. The number of likely N-dealkylation sites (tertiary alicyclic amines) is 1. The third kappa shape index (κ3) is 5.53. The molecule has 0 aromatic heterocycles. The minimum absolute atomic E-state index is 0.339. The molecule has 1 aliphatic heterocycles. The average molecular weight is 300 g/mol. The van der Waals surface area contributed by atoms with Crippen LogP contribution in [0.4, 0.5) is 4.79 Å². The van der Waals surface area contributed by atoms with Gasteiger partial charge in [0, 0.05) is 13.1 Å². The number of amides is 1. The maximum absolute atomic E-state index is 11.9. The molecule has 1 rings (SSSR count). The summed E-state index contributed by atoms with van der Waals surface area (Å²) in [6.45, 7) is 9.30. The molecule has 1 fully saturated rings. The zero-order chi connectivity index (χ0) is 16.1. The first-order valence-electron chi connectivity index (χ1n) is 7.65. The maximum Gasteiger partial charge on any atom is 0.408 e. The van der Waals surface area contributed by atoms with Crippen molar-refractivity contribution >= 4 is 12.1 Å². The van der Waals surface area contributed by atoms with Gasteiger partial charge in [0.15, 0.2) is 5.54 Å². The smallest absolute Gasteiger partial charge is 0.408 e. The van der Waals surface area contributed by atoms with E-state index in [1.54, 1.807) is 20.8 Å². The van der Waals surface area contributed by atoms with Crippen LogP contribution in [-0.4, -0.2) is 52.8 Å². The van der Waals surface area contributed by atoms with Crippen molar-refractivity contribution in [3.05, 3.63) is 0 Å². The lowest BCUT2D eigenvalue weighted by Crippen LogP contribution is -2.57. The molecule has 1 aliphatic rings. The molecule has 2 N–H and O–H groups in total. The SMILES string of the molecule is CCCCCN1CCC(NC(=O)OC(C)(C)C)(C(=O)O)C1. The number of hydrogen-bond donors (Lipinski definition) is 2. The van der Waals surface area contributed by atoms with Crippen LogP contribution in [0.1, 0.15) is 53.4 Å². The Balaban J connectivity index is 2.61. The van der Waals surface area contributed by atoms with Gasteiger partial charge in [0.25, 0.3) is 0 Å². The number of rotatable bonds is 6. The Morgan fingerprint density at radius 2 is 2.00 bits per heavy atom. The van der Waals surface area contributed by atoms with Gasteiger partial charge in [-0.1, -0.05) is 19.8 Å². The van der Waals surface area contributed by atoms with Crippen LogP contribution in [0.2, 0.25) is 0 Å². The van der Waals surface area contributed by atoms with Crippen molar-refractivity contribution in [2.24, 2.45) is 0 Å². The van der Waals surface area contributed by atoms with E-state index in [1.807, 2.05) is 0 Å². The first-order valence-corrected chi connectivity index (χ1v) is 7.65. The number of ether oxygens (including phenoxy) is 1. The van der Waals surface area contributed by atoms with Crippen LogP contribution in [0.25, 0.3) is 0 Å². The molecule has 6 heteroatoms. The zero-order valence-corrected chi connectivity index (χ0v) is 13.6. The van der Waals surface area contributed by atoms with E-state index in [2.05, 4.69) is 17.1 Å². The van der Waals surface area contributed by atoms with Gasteiger partial charge in [-0.05, 0) is 40.2 Å². The van der Waals surface area contributed by atoms with E-state index in [0.717, 1.165) is 25.8 Å². The van der Waals surface area contributed by atoms with E-state index >= 15 is 0 Å². The Bertz CT molecular complexity index is 378. The molecule has 0 saturated carbocycles. The molecule has 1 unspecified atom stereocenters. The van der Waals surface area contributed by atoms with Crippen molar-refractivity contribution in [3.8, 4) is 0 Å². The molecule has 0 aromatic carbocycles. The Labute approximate surface area is 126 Å². The van der Waals surface area contributed by atoms with Gasteiger partial charge in [0.2, 0.25) is 0 Å². The number of nitrogens with one attached hydrogen (secondary N) is 1. The second kappa shape index (κ2) is 7.11. The van der Waals surface area contributed by atoms with Crippen molar-refractivity contribution in [1.29, 1.82) is 0 Å². The summed E-state index contributed by atoms with van der Waals surface area (Å²) >= 11 is 0. The van der Waals surface area contributed by atoms with E-state index in [4.69, 9.17) is 4.74 Å². The number of alkyl carbamates (subject to hydrolysis) is 1. The van der Waals surface area contributed by atoms with Gasteiger partial charge in [0.1, 0.15) is 5.60 Å². The van der Waals surface area contributed by atoms with Crippen LogP contribution in [-0.2, 0) is 9.53 Å². The molecule has 21 heavy (non-hydrogen) atoms. The summed E-state index contributed by atoms with van der Waals surface area (Å²) in [4.78, 5) is 25.6. The van der Waals surface area contributed by atoms with E-state index in [0.29, 0.717) is 19.5 Å². The topological polar surface area (TPSA) is 78.9 Å². The highest BCUT2D eigenvalue weighted by molar-refractivity contribution is 5.85. The third-order valence-corrected chi connectivity index (χ3v) is 3.58.